The Hall–Kier alpha value is -0.780. The lowest BCUT2D eigenvalue weighted by atomic mass is 10.0. The van der Waals surface area contributed by atoms with Crippen LogP contribution in [0.15, 0.2) is 42.5 Å². The molecule has 0 aliphatic rings. The van der Waals surface area contributed by atoms with E-state index in [1.165, 1.54) is 0 Å². The van der Waals surface area contributed by atoms with Crippen molar-refractivity contribution >= 4 is 33.4 Å². The Kier molecular flexibility index (Phi) is 3.61. The molecule has 0 N–H and O–H groups in total. The molecule has 0 saturated carbocycles. The van der Waals surface area contributed by atoms with E-state index in [0.29, 0.717) is 0 Å². The van der Waals surface area contributed by atoms with Gasteiger partial charge in [0.25, 0.3) is 0 Å². The van der Waals surface area contributed by atoms with Gasteiger partial charge in [0.05, 0.1) is 6.42 Å². The van der Waals surface area contributed by atoms with Crippen LogP contribution in [0.25, 0.3) is 10.8 Å². The molecule has 90 valence electrons. The highest BCUT2D eigenvalue weighted by atomic mass is 127. The molecule has 2 aromatic rings. The van der Waals surface area contributed by atoms with Gasteiger partial charge < -0.3 is 0 Å². The lowest BCUT2D eigenvalue weighted by molar-refractivity contribution is -0.133. The predicted octanol–water partition coefficient (Wildman–Crippen LogP) is 5.27. The van der Waals surface area contributed by atoms with E-state index in [1.54, 1.807) is 6.07 Å². The molecule has 0 amide bonds. The molecule has 1 atom stereocenters. The van der Waals surface area contributed by atoms with Crippen molar-refractivity contribution in [1.82, 2.24) is 0 Å². The zero-order chi connectivity index (χ0) is 12.5. The molecule has 0 heterocycles. The van der Waals surface area contributed by atoms with Crippen LogP contribution in [0.3, 0.4) is 0 Å². The second kappa shape index (κ2) is 4.84. The summed E-state index contributed by atoms with van der Waals surface area (Å²) in [7, 11) is 0. The van der Waals surface area contributed by atoms with E-state index in [-0.39, 0.29) is 0 Å². The highest BCUT2D eigenvalue weighted by Gasteiger charge is 2.31. The Labute approximate surface area is 111 Å². The summed E-state index contributed by atoms with van der Waals surface area (Å²) in [5.41, 5.74) is 0.724. The Balaban J connectivity index is 2.30. The number of hydrogen-bond donors (Lipinski definition) is 0. The summed E-state index contributed by atoms with van der Waals surface area (Å²) in [5.74, 6) is 0. The molecule has 0 aromatic heterocycles. The van der Waals surface area contributed by atoms with E-state index < -0.39 is 16.5 Å². The van der Waals surface area contributed by atoms with E-state index in [0.717, 1.165) is 16.3 Å². The van der Waals surface area contributed by atoms with Gasteiger partial charge in [-0.3, -0.25) is 0 Å². The normalized spacial score (nSPS) is 13.9. The van der Waals surface area contributed by atoms with E-state index >= 15 is 0 Å². The lowest BCUT2D eigenvalue weighted by Gasteiger charge is -2.13. The third-order valence-corrected chi connectivity index (χ3v) is 3.71. The molecule has 0 aliphatic heterocycles. The average Bonchev–Trinajstić information content (AvgIpc) is 2.26. The molecule has 4 heteroatoms. The van der Waals surface area contributed by atoms with E-state index in [1.807, 2.05) is 59.0 Å². The third-order valence-electron chi connectivity index (χ3n) is 2.55. The molecule has 0 radical (unpaired) electrons. The topological polar surface area (TPSA) is 0 Å². The van der Waals surface area contributed by atoms with Crippen LogP contribution in [0, 0.1) is 0 Å². The lowest BCUT2D eigenvalue weighted by Crippen LogP contribution is -2.10. The highest BCUT2D eigenvalue weighted by Crippen LogP contribution is 2.36. The molecule has 0 nitrogen and oxygen atoms in total. The second-order valence-corrected chi connectivity index (χ2v) is 5.40. The summed E-state index contributed by atoms with van der Waals surface area (Å²) in [6, 6.07) is 13.1. The fourth-order valence-corrected chi connectivity index (χ4v) is 2.61. The quantitative estimate of drug-likeness (QED) is 0.511. The Morgan fingerprint density at radius 2 is 1.65 bits per heavy atom. The smallest absolute Gasteiger partial charge is 0.171 e. The Morgan fingerprint density at radius 1 is 1.00 bits per heavy atom. The van der Waals surface area contributed by atoms with Crippen molar-refractivity contribution in [3.63, 3.8) is 0 Å². The van der Waals surface area contributed by atoms with Crippen molar-refractivity contribution in [3.05, 3.63) is 48.0 Å². The summed E-state index contributed by atoms with van der Waals surface area (Å²) < 4.78 is 36.4. The van der Waals surface area contributed by atoms with Crippen molar-refractivity contribution in [2.75, 3.05) is 0 Å². The van der Waals surface area contributed by atoms with Crippen molar-refractivity contribution < 1.29 is 13.2 Å². The number of fused-ring (bicyclic) bond motifs is 1. The maximum Gasteiger partial charge on any atom is 0.390 e. The van der Waals surface area contributed by atoms with Crippen LogP contribution >= 0.6 is 22.6 Å². The molecule has 2 rings (SSSR count). The van der Waals surface area contributed by atoms with E-state index in [2.05, 4.69) is 0 Å². The summed E-state index contributed by atoms with van der Waals surface area (Å²) in [6.07, 6.45) is -4.90. The van der Waals surface area contributed by atoms with Crippen LogP contribution in [0.1, 0.15) is 15.9 Å². The van der Waals surface area contributed by atoms with Gasteiger partial charge in [-0.15, -0.1) is 0 Å². The van der Waals surface area contributed by atoms with Crippen LogP contribution in [0.4, 0.5) is 13.2 Å². The van der Waals surface area contributed by atoms with Crippen LogP contribution in [0.5, 0.6) is 0 Å². The molecule has 17 heavy (non-hydrogen) atoms. The monoisotopic (exact) mass is 350 g/mol. The maximum atomic E-state index is 12.3. The summed E-state index contributed by atoms with van der Waals surface area (Å²) in [6.45, 7) is 0. The fourth-order valence-electron chi connectivity index (χ4n) is 1.72. The molecule has 0 aliphatic carbocycles. The number of alkyl halides is 4. The second-order valence-electron chi connectivity index (χ2n) is 3.89. The van der Waals surface area contributed by atoms with Gasteiger partial charge >= 0.3 is 6.18 Å². The average molecular weight is 350 g/mol. The first kappa shape index (κ1) is 12.7. The summed E-state index contributed by atoms with van der Waals surface area (Å²) >= 11 is 1.85. The van der Waals surface area contributed by atoms with Crippen molar-refractivity contribution in [1.29, 1.82) is 0 Å². The van der Waals surface area contributed by atoms with E-state index in [4.69, 9.17) is 0 Å². The minimum absolute atomic E-state index is 0.530. The first-order valence-corrected chi connectivity index (χ1v) is 6.40. The first-order chi connectivity index (χ1) is 7.96. The highest BCUT2D eigenvalue weighted by molar-refractivity contribution is 14.1. The molecule has 1 unspecified atom stereocenters. The van der Waals surface area contributed by atoms with Crippen molar-refractivity contribution in [2.24, 2.45) is 0 Å². The number of hydrogen-bond acceptors (Lipinski definition) is 0. The van der Waals surface area contributed by atoms with Gasteiger partial charge in [0.1, 0.15) is 0 Å². The SMILES string of the molecule is FC(F)(F)CC(I)c1ccc2ccccc2c1. The van der Waals surface area contributed by atoms with Crippen molar-refractivity contribution in [2.45, 2.75) is 16.5 Å². The molecule has 0 spiro atoms. The summed E-state index contributed by atoms with van der Waals surface area (Å²) in [5, 5.41) is 2.03. The Morgan fingerprint density at radius 3 is 2.29 bits per heavy atom. The molecule has 2 aromatic carbocycles. The maximum absolute atomic E-state index is 12.3. The zero-order valence-corrected chi connectivity index (χ0v) is 11.0. The van der Waals surface area contributed by atoms with Gasteiger partial charge in [0.2, 0.25) is 0 Å². The van der Waals surface area contributed by atoms with Gasteiger partial charge in [-0.1, -0.05) is 65.1 Å². The minimum atomic E-state index is -4.11. The van der Waals surface area contributed by atoms with Gasteiger partial charge in [-0.05, 0) is 16.3 Å². The fraction of sp³-hybridized carbons (Fsp3) is 0.231. The van der Waals surface area contributed by atoms with Crippen LogP contribution in [-0.2, 0) is 0 Å². The predicted molar refractivity (Wildman–Crippen MR) is 71.4 cm³/mol. The van der Waals surface area contributed by atoms with Crippen LogP contribution in [-0.4, -0.2) is 6.18 Å². The van der Waals surface area contributed by atoms with Crippen molar-refractivity contribution in [3.8, 4) is 0 Å². The molecular formula is C13H10F3I. The number of rotatable bonds is 2. The number of benzene rings is 2. The van der Waals surface area contributed by atoms with Crippen LogP contribution in [0.2, 0.25) is 0 Å². The molecule has 0 fully saturated rings. The van der Waals surface area contributed by atoms with Gasteiger partial charge in [-0.2, -0.15) is 13.2 Å². The van der Waals surface area contributed by atoms with Gasteiger partial charge in [0.15, 0.2) is 0 Å². The zero-order valence-electron chi connectivity index (χ0n) is 8.84. The molecule has 0 bridgehead atoms. The van der Waals surface area contributed by atoms with E-state index in [9.17, 15) is 13.2 Å². The third kappa shape index (κ3) is 3.34. The van der Waals surface area contributed by atoms with Gasteiger partial charge in [-0.25, -0.2) is 0 Å². The largest absolute Gasteiger partial charge is 0.390 e. The first-order valence-electron chi connectivity index (χ1n) is 5.15. The molecule has 0 saturated heterocycles. The number of halogens is 4. The Bertz CT molecular complexity index is 519. The summed E-state index contributed by atoms with van der Waals surface area (Å²) in [4.78, 5) is 0. The van der Waals surface area contributed by atoms with Crippen LogP contribution < -0.4 is 0 Å². The van der Waals surface area contributed by atoms with Gasteiger partial charge in [0, 0.05) is 3.92 Å². The standard InChI is InChI=1S/C13H10F3I/c14-13(15,16)8-12(17)11-6-5-9-3-1-2-4-10(9)7-11/h1-7,12H,8H2. The molecular weight excluding hydrogens is 340 g/mol. The minimum Gasteiger partial charge on any atom is -0.171 e.